The van der Waals surface area contributed by atoms with Gasteiger partial charge in [0.2, 0.25) is 11.8 Å². The highest BCUT2D eigenvalue weighted by atomic mass is 32.1. The van der Waals surface area contributed by atoms with Gasteiger partial charge in [-0.25, -0.2) is 4.98 Å². The minimum absolute atomic E-state index is 0.00806. The minimum atomic E-state index is -0.192. The molecule has 1 aliphatic heterocycles. The molecule has 1 aromatic rings. The van der Waals surface area contributed by atoms with Gasteiger partial charge in [-0.1, -0.05) is 13.8 Å². The fraction of sp³-hybridized carbons (Fsp3) is 0.706. The molecule has 1 atom stereocenters. The number of nitrogens with one attached hydrogen (secondary N) is 1. The number of fused-ring (bicyclic) bond motifs is 1. The number of nitrogens with zero attached hydrogens (tertiary/aromatic N) is 2. The number of carbonyl (C=O) groups is 2. The first kappa shape index (κ1) is 16.4. The van der Waals surface area contributed by atoms with Crippen LogP contribution in [0.3, 0.4) is 0 Å². The molecule has 0 unspecified atom stereocenters. The summed E-state index contributed by atoms with van der Waals surface area (Å²) in [7, 11) is 0. The topological polar surface area (TPSA) is 62.3 Å². The van der Waals surface area contributed by atoms with Crippen molar-refractivity contribution in [2.45, 2.75) is 46.0 Å². The zero-order chi connectivity index (χ0) is 16.4. The summed E-state index contributed by atoms with van der Waals surface area (Å²) in [6, 6.07) is 0. The molecule has 2 aliphatic rings. The molecule has 0 aromatic carbocycles. The van der Waals surface area contributed by atoms with Crippen LogP contribution in [0.4, 0.5) is 0 Å². The Labute approximate surface area is 141 Å². The lowest BCUT2D eigenvalue weighted by molar-refractivity contribution is -0.129. The quantitative estimate of drug-likeness (QED) is 0.862. The van der Waals surface area contributed by atoms with Crippen molar-refractivity contribution in [1.82, 2.24) is 15.2 Å². The minimum Gasteiger partial charge on any atom is -0.355 e. The van der Waals surface area contributed by atoms with Gasteiger partial charge in [-0.15, -0.1) is 11.3 Å². The maximum absolute atomic E-state index is 12.2. The molecule has 2 heterocycles. The van der Waals surface area contributed by atoms with E-state index in [1.54, 1.807) is 11.3 Å². The van der Waals surface area contributed by atoms with Crippen molar-refractivity contribution in [2.24, 2.45) is 11.8 Å². The molecule has 6 heteroatoms. The van der Waals surface area contributed by atoms with Gasteiger partial charge in [0.25, 0.3) is 0 Å². The van der Waals surface area contributed by atoms with Crippen molar-refractivity contribution < 1.29 is 9.59 Å². The van der Waals surface area contributed by atoms with Gasteiger partial charge in [0, 0.05) is 37.4 Å². The van der Waals surface area contributed by atoms with Crippen LogP contribution in [0.1, 0.15) is 42.3 Å². The van der Waals surface area contributed by atoms with Gasteiger partial charge < -0.3 is 10.2 Å². The van der Waals surface area contributed by atoms with Crippen LogP contribution in [0.25, 0.3) is 0 Å². The van der Waals surface area contributed by atoms with E-state index < -0.39 is 0 Å². The number of hydrogen-bond donors (Lipinski definition) is 1. The lowest BCUT2D eigenvalue weighted by Gasteiger charge is -2.18. The summed E-state index contributed by atoms with van der Waals surface area (Å²) in [6.45, 7) is 6.10. The summed E-state index contributed by atoms with van der Waals surface area (Å²) < 4.78 is 0. The first-order valence-electron chi connectivity index (χ1n) is 8.56. The summed E-state index contributed by atoms with van der Waals surface area (Å²) >= 11 is 1.79. The fourth-order valence-corrected chi connectivity index (χ4v) is 4.51. The van der Waals surface area contributed by atoms with Crippen molar-refractivity contribution in [3.8, 4) is 0 Å². The predicted molar refractivity (Wildman–Crippen MR) is 90.4 cm³/mol. The molecule has 1 aromatic heterocycles. The van der Waals surface area contributed by atoms with Gasteiger partial charge >= 0.3 is 0 Å². The molecule has 1 N–H and O–H groups in total. The average molecular weight is 335 g/mol. The molecule has 2 amide bonds. The van der Waals surface area contributed by atoms with Crippen LogP contribution >= 0.6 is 11.3 Å². The van der Waals surface area contributed by atoms with E-state index in [1.165, 1.54) is 17.0 Å². The summed E-state index contributed by atoms with van der Waals surface area (Å²) in [6.07, 6.45) is 4.64. The standard InChI is InChI=1S/C17H25N3O2S/c1-11(2)9-20-10-12(8-16(20)21)17(22)18-7-6-15-19-13-4-3-5-14(13)23-15/h11-12H,3-10H2,1-2H3,(H,18,22)/t12-/m1/s1. The third-order valence-electron chi connectivity index (χ3n) is 4.45. The highest BCUT2D eigenvalue weighted by Crippen LogP contribution is 2.27. The van der Waals surface area contributed by atoms with Crippen LogP contribution in [0.5, 0.6) is 0 Å². The van der Waals surface area contributed by atoms with Gasteiger partial charge in [-0.2, -0.15) is 0 Å². The van der Waals surface area contributed by atoms with Crippen LogP contribution in [0.2, 0.25) is 0 Å². The first-order chi connectivity index (χ1) is 11.0. The number of thiazole rings is 1. The molecule has 3 rings (SSSR count). The highest BCUT2D eigenvalue weighted by Gasteiger charge is 2.34. The Balaban J connectivity index is 1.43. The van der Waals surface area contributed by atoms with Gasteiger partial charge in [0.05, 0.1) is 16.6 Å². The molecule has 23 heavy (non-hydrogen) atoms. The van der Waals surface area contributed by atoms with E-state index in [2.05, 4.69) is 24.1 Å². The molecule has 126 valence electrons. The van der Waals surface area contributed by atoms with Crippen LogP contribution < -0.4 is 5.32 Å². The Hall–Kier alpha value is -1.43. The van der Waals surface area contributed by atoms with E-state index in [4.69, 9.17) is 0 Å². The van der Waals surface area contributed by atoms with Crippen molar-refractivity contribution in [3.63, 3.8) is 0 Å². The highest BCUT2D eigenvalue weighted by molar-refractivity contribution is 7.11. The lowest BCUT2D eigenvalue weighted by Crippen LogP contribution is -2.35. The summed E-state index contributed by atoms with van der Waals surface area (Å²) in [5.41, 5.74) is 1.27. The number of amides is 2. The molecule has 0 saturated carbocycles. The molecule has 0 spiro atoms. The summed E-state index contributed by atoms with van der Waals surface area (Å²) in [4.78, 5) is 32.1. The number of aryl methyl sites for hydroxylation is 2. The van der Waals surface area contributed by atoms with E-state index >= 15 is 0 Å². The van der Waals surface area contributed by atoms with E-state index in [-0.39, 0.29) is 17.7 Å². The van der Waals surface area contributed by atoms with E-state index in [0.717, 1.165) is 30.8 Å². The number of hydrogen-bond acceptors (Lipinski definition) is 4. The summed E-state index contributed by atoms with van der Waals surface area (Å²) in [5.74, 6) is 0.360. The third kappa shape index (κ3) is 3.91. The normalized spacial score (nSPS) is 20.4. The Morgan fingerprint density at radius 2 is 2.26 bits per heavy atom. The van der Waals surface area contributed by atoms with Crippen molar-refractivity contribution in [3.05, 3.63) is 15.6 Å². The molecule has 5 nitrogen and oxygen atoms in total. The monoisotopic (exact) mass is 335 g/mol. The number of aromatic nitrogens is 1. The Bertz CT molecular complexity index is 575. The van der Waals surface area contributed by atoms with Crippen LogP contribution in [0, 0.1) is 11.8 Å². The second kappa shape index (κ2) is 6.99. The zero-order valence-corrected chi connectivity index (χ0v) is 14.7. The average Bonchev–Trinajstić information content (AvgIpc) is 3.14. The maximum Gasteiger partial charge on any atom is 0.225 e. The SMILES string of the molecule is CC(C)CN1C[C@H](C(=O)NCCc2nc3c(s2)CCC3)CC1=O. The van der Waals surface area contributed by atoms with Crippen LogP contribution in [-0.2, 0) is 28.9 Å². The Morgan fingerprint density at radius 1 is 1.43 bits per heavy atom. The number of rotatable bonds is 6. The molecule has 1 saturated heterocycles. The smallest absolute Gasteiger partial charge is 0.225 e. The number of likely N-dealkylation sites (tertiary alicyclic amines) is 1. The van der Waals surface area contributed by atoms with E-state index in [1.807, 2.05) is 4.90 Å². The van der Waals surface area contributed by atoms with E-state index in [9.17, 15) is 9.59 Å². The molecule has 0 bridgehead atoms. The van der Waals surface area contributed by atoms with Gasteiger partial charge in [0.15, 0.2) is 0 Å². The van der Waals surface area contributed by atoms with Crippen molar-refractivity contribution in [1.29, 1.82) is 0 Å². The fourth-order valence-electron chi connectivity index (χ4n) is 3.35. The maximum atomic E-state index is 12.2. The molecule has 1 aliphatic carbocycles. The van der Waals surface area contributed by atoms with Gasteiger partial charge in [-0.05, 0) is 25.2 Å². The lowest BCUT2D eigenvalue weighted by atomic mass is 10.1. The molecular formula is C17H25N3O2S. The van der Waals surface area contributed by atoms with Crippen molar-refractivity contribution in [2.75, 3.05) is 19.6 Å². The second-order valence-corrected chi connectivity index (χ2v) is 8.13. The molecular weight excluding hydrogens is 310 g/mol. The van der Waals surface area contributed by atoms with Gasteiger partial charge in [-0.3, -0.25) is 9.59 Å². The predicted octanol–water partition coefficient (Wildman–Crippen LogP) is 1.79. The van der Waals surface area contributed by atoms with E-state index in [0.29, 0.717) is 25.4 Å². The number of carbonyl (C=O) groups excluding carboxylic acids is 2. The van der Waals surface area contributed by atoms with Crippen LogP contribution in [-0.4, -0.2) is 41.3 Å². The first-order valence-corrected chi connectivity index (χ1v) is 9.37. The van der Waals surface area contributed by atoms with Gasteiger partial charge in [0.1, 0.15) is 0 Å². The largest absolute Gasteiger partial charge is 0.355 e. The second-order valence-electron chi connectivity index (χ2n) is 6.97. The molecule has 1 fully saturated rings. The Morgan fingerprint density at radius 3 is 3.00 bits per heavy atom. The Kier molecular flexibility index (Phi) is 4.99. The van der Waals surface area contributed by atoms with Crippen LogP contribution in [0.15, 0.2) is 0 Å². The third-order valence-corrected chi connectivity index (χ3v) is 5.67. The summed E-state index contributed by atoms with van der Waals surface area (Å²) in [5, 5.41) is 4.11. The van der Waals surface area contributed by atoms with Crippen molar-refractivity contribution >= 4 is 23.2 Å². The molecule has 0 radical (unpaired) electrons. The zero-order valence-electron chi connectivity index (χ0n) is 13.9.